The van der Waals surface area contributed by atoms with E-state index >= 15 is 0 Å². The zero-order valence-electron chi connectivity index (χ0n) is 13.2. The number of fused-ring (bicyclic) bond motifs is 3. The average Bonchev–Trinajstić information content (AvgIpc) is 2.93. The van der Waals surface area contributed by atoms with Crippen molar-refractivity contribution >= 4 is 39.1 Å². The molecule has 0 unspecified atom stereocenters. The van der Waals surface area contributed by atoms with Gasteiger partial charge >= 0.3 is 0 Å². The van der Waals surface area contributed by atoms with Gasteiger partial charge in [-0.15, -0.1) is 11.3 Å². The van der Waals surface area contributed by atoms with Gasteiger partial charge in [0.2, 0.25) is 5.95 Å². The number of nitrogen functional groups attached to an aromatic ring is 1. The number of hydrogen-bond donors (Lipinski definition) is 2. The van der Waals surface area contributed by atoms with E-state index in [1.165, 1.54) is 9.44 Å². The predicted octanol–water partition coefficient (Wildman–Crippen LogP) is 3.51. The van der Waals surface area contributed by atoms with E-state index in [-0.39, 0.29) is 5.56 Å². The van der Waals surface area contributed by atoms with Gasteiger partial charge in [-0.1, -0.05) is 18.5 Å². The van der Waals surface area contributed by atoms with Gasteiger partial charge < -0.3 is 0 Å². The second kappa shape index (κ2) is 5.88. The van der Waals surface area contributed by atoms with Crippen molar-refractivity contribution in [1.82, 2.24) is 9.55 Å². The zero-order valence-corrected chi connectivity index (χ0v) is 14.7. The second-order valence-electron chi connectivity index (χ2n) is 6.23. The third-order valence-electron chi connectivity index (χ3n) is 4.54. The minimum atomic E-state index is -0.0816. The van der Waals surface area contributed by atoms with E-state index in [0.717, 1.165) is 35.0 Å². The first-order valence-corrected chi connectivity index (χ1v) is 9.07. The van der Waals surface area contributed by atoms with Crippen molar-refractivity contribution in [2.75, 3.05) is 5.43 Å². The standard InChI is InChI=1S/C17H17ClN4OS/c1-9-2-7-13-12(8-9)14-15(24-13)20-17(21-19)22(16(14)23)11-5-3-10(18)4-6-11/h3-6,9H,2,7-8,19H2,1H3,(H,20,21)/t9-/m1/s1. The van der Waals surface area contributed by atoms with E-state index in [0.29, 0.717) is 22.6 Å². The second-order valence-corrected chi connectivity index (χ2v) is 7.75. The van der Waals surface area contributed by atoms with Gasteiger partial charge in [0.05, 0.1) is 11.1 Å². The molecule has 24 heavy (non-hydrogen) atoms. The average molecular weight is 361 g/mol. The smallest absolute Gasteiger partial charge is 0.268 e. The van der Waals surface area contributed by atoms with Crippen LogP contribution in [0.2, 0.25) is 5.02 Å². The fraction of sp³-hybridized carbons (Fsp3) is 0.294. The number of thiophene rings is 1. The molecule has 2 aromatic heterocycles. The number of hydrazine groups is 1. The summed E-state index contributed by atoms with van der Waals surface area (Å²) < 4.78 is 1.52. The van der Waals surface area contributed by atoms with Gasteiger partial charge in [0.1, 0.15) is 4.83 Å². The Bertz CT molecular complexity index is 977. The molecule has 0 bridgehead atoms. The molecule has 4 rings (SSSR count). The molecule has 0 saturated carbocycles. The van der Waals surface area contributed by atoms with Crippen LogP contribution in [0.3, 0.4) is 0 Å². The number of nitrogens with two attached hydrogens (primary N) is 1. The Morgan fingerprint density at radius 2 is 2.12 bits per heavy atom. The van der Waals surface area contributed by atoms with Gasteiger partial charge in [0.15, 0.2) is 0 Å². The summed E-state index contributed by atoms with van der Waals surface area (Å²) in [5, 5.41) is 1.35. The molecule has 5 nitrogen and oxygen atoms in total. The Morgan fingerprint density at radius 3 is 2.83 bits per heavy atom. The summed E-state index contributed by atoms with van der Waals surface area (Å²) in [4.78, 5) is 19.9. The summed E-state index contributed by atoms with van der Waals surface area (Å²) in [6.07, 6.45) is 3.11. The van der Waals surface area contributed by atoms with E-state index in [1.807, 2.05) is 0 Å². The lowest BCUT2D eigenvalue weighted by Gasteiger charge is -2.18. The summed E-state index contributed by atoms with van der Waals surface area (Å²) >= 11 is 7.57. The first-order valence-electron chi connectivity index (χ1n) is 7.88. The maximum absolute atomic E-state index is 13.2. The minimum Gasteiger partial charge on any atom is -0.293 e. The van der Waals surface area contributed by atoms with Crippen molar-refractivity contribution in [2.24, 2.45) is 11.8 Å². The van der Waals surface area contributed by atoms with Crippen molar-refractivity contribution in [2.45, 2.75) is 26.2 Å². The molecular weight excluding hydrogens is 344 g/mol. The third kappa shape index (κ3) is 2.42. The summed E-state index contributed by atoms with van der Waals surface area (Å²) in [5.41, 5.74) is 4.33. The summed E-state index contributed by atoms with van der Waals surface area (Å²) in [6.45, 7) is 2.23. The lowest BCUT2D eigenvalue weighted by Crippen LogP contribution is -2.26. The molecule has 0 spiro atoms. The van der Waals surface area contributed by atoms with Crippen LogP contribution in [0.5, 0.6) is 0 Å². The largest absolute Gasteiger partial charge is 0.293 e. The Kier molecular flexibility index (Phi) is 3.83. The van der Waals surface area contributed by atoms with Gasteiger partial charge in [-0.25, -0.2) is 15.4 Å². The number of anilines is 1. The van der Waals surface area contributed by atoms with Gasteiger partial charge in [-0.05, 0) is 55.0 Å². The summed E-state index contributed by atoms with van der Waals surface area (Å²) in [6, 6.07) is 7.08. The van der Waals surface area contributed by atoms with Crippen molar-refractivity contribution in [1.29, 1.82) is 0 Å². The Labute approximate surface area is 148 Å². The van der Waals surface area contributed by atoms with Crippen molar-refractivity contribution in [3.8, 4) is 5.69 Å². The van der Waals surface area contributed by atoms with E-state index in [9.17, 15) is 4.79 Å². The molecule has 1 atom stereocenters. The Hall–Kier alpha value is -1.89. The molecule has 0 fully saturated rings. The number of benzene rings is 1. The Morgan fingerprint density at radius 1 is 1.38 bits per heavy atom. The zero-order chi connectivity index (χ0) is 16.8. The number of hydrogen-bond acceptors (Lipinski definition) is 5. The number of nitrogens with one attached hydrogen (secondary N) is 1. The highest BCUT2D eigenvalue weighted by molar-refractivity contribution is 7.18. The molecule has 124 valence electrons. The molecule has 0 amide bonds. The van der Waals surface area contributed by atoms with Crippen LogP contribution in [0.15, 0.2) is 29.1 Å². The van der Waals surface area contributed by atoms with Crippen LogP contribution in [0, 0.1) is 5.92 Å². The van der Waals surface area contributed by atoms with Crippen molar-refractivity contribution in [3.05, 3.63) is 50.1 Å². The number of halogens is 1. The molecule has 7 heteroatoms. The molecule has 0 radical (unpaired) electrons. The highest BCUT2D eigenvalue weighted by Gasteiger charge is 2.25. The maximum atomic E-state index is 13.2. The van der Waals surface area contributed by atoms with E-state index < -0.39 is 0 Å². The normalized spacial score (nSPS) is 17.0. The summed E-state index contributed by atoms with van der Waals surface area (Å²) in [5.74, 6) is 6.55. The molecule has 2 heterocycles. The third-order valence-corrected chi connectivity index (χ3v) is 5.98. The number of aryl methyl sites for hydroxylation is 1. The van der Waals surface area contributed by atoms with Gasteiger partial charge in [-0.3, -0.25) is 10.2 Å². The lowest BCUT2D eigenvalue weighted by atomic mass is 9.89. The fourth-order valence-electron chi connectivity index (χ4n) is 3.32. The fourth-order valence-corrected chi connectivity index (χ4v) is 4.66. The highest BCUT2D eigenvalue weighted by atomic mass is 35.5. The highest BCUT2D eigenvalue weighted by Crippen LogP contribution is 2.36. The van der Waals surface area contributed by atoms with Crippen molar-refractivity contribution in [3.63, 3.8) is 0 Å². The first-order chi connectivity index (χ1) is 11.6. The first kappa shape index (κ1) is 15.6. The molecule has 0 saturated heterocycles. The number of rotatable bonds is 2. The van der Waals surface area contributed by atoms with Crippen LogP contribution in [-0.2, 0) is 12.8 Å². The van der Waals surface area contributed by atoms with Gasteiger partial charge in [-0.2, -0.15) is 0 Å². The summed E-state index contributed by atoms with van der Waals surface area (Å²) in [7, 11) is 0. The van der Waals surface area contributed by atoms with Crippen LogP contribution in [0.1, 0.15) is 23.8 Å². The topological polar surface area (TPSA) is 72.9 Å². The SMILES string of the molecule is C[C@@H]1CCc2sc3nc(NN)n(-c4ccc(Cl)cc4)c(=O)c3c2C1. The van der Waals surface area contributed by atoms with E-state index in [2.05, 4.69) is 17.3 Å². The molecule has 1 aromatic carbocycles. The maximum Gasteiger partial charge on any atom is 0.268 e. The lowest BCUT2D eigenvalue weighted by molar-refractivity contribution is 0.508. The molecule has 1 aliphatic rings. The van der Waals surface area contributed by atoms with Gasteiger partial charge in [0.25, 0.3) is 5.56 Å². The molecule has 0 aliphatic heterocycles. The molecule has 3 aromatic rings. The molecule has 1 aliphatic carbocycles. The van der Waals surface area contributed by atoms with Crippen LogP contribution in [-0.4, -0.2) is 9.55 Å². The van der Waals surface area contributed by atoms with Crippen LogP contribution >= 0.6 is 22.9 Å². The molecular formula is C17H17ClN4OS. The van der Waals surface area contributed by atoms with E-state index in [1.54, 1.807) is 35.6 Å². The van der Waals surface area contributed by atoms with E-state index in [4.69, 9.17) is 17.4 Å². The minimum absolute atomic E-state index is 0.0816. The number of aromatic nitrogens is 2. The monoisotopic (exact) mass is 360 g/mol. The molecule has 3 N–H and O–H groups in total. The quantitative estimate of drug-likeness (QED) is 0.541. The Balaban J connectivity index is 2.02. The van der Waals surface area contributed by atoms with Crippen molar-refractivity contribution < 1.29 is 0 Å². The predicted molar refractivity (Wildman–Crippen MR) is 99.2 cm³/mol. The number of nitrogens with zero attached hydrogens (tertiary/aromatic N) is 2. The van der Waals surface area contributed by atoms with Crippen LogP contribution in [0.25, 0.3) is 15.9 Å². The van der Waals surface area contributed by atoms with Crippen LogP contribution in [0.4, 0.5) is 5.95 Å². The van der Waals surface area contributed by atoms with Crippen LogP contribution < -0.4 is 16.8 Å². The van der Waals surface area contributed by atoms with Gasteiger partial charge in [0, 0.05) is 9.90 Å².